The van der Waals surface area contributed by atoms with Gasteiger partial charge in [-0.25, -0.2) is 18.6 Å². The van der Waals surface area contributed by atoms with Crippen LogP contribution in [0.25, 0.3) is 27.8 Å². The Balaban J connectivity index is 1.67. The van der Waals surface area contributed by atoms with E-state index in [2.05, 4.69) is 15.3 Å². The number of hydrogen-bond donors (Lipinski definition) is 1. The van der Waals surface area contributed by atoms with E-state index >= 15 is 8.78 Å². The fourth-order valence-corrected chi connectivity index (χ4v) is 4.63. The fraction of sp³-hybridized carbons (Fsp3) is 0.308. The highest BCUT2D eigenvalue weighted by Gasteiger charge is 2.29. The molecule has 0 saturated carbocycles. The van der Waals surface area contributed by atoms with E-state index in [9.17, 15) is 9.59 Å². The predicted molar refractivity (Wildman–Crippen MR) is 131 cm³/mol. The molecule has 1 aromatic carbocycles. The highest BCUT2D eigenvalue weighted by Crippen LogP contribution is 2.33. The molecule has 4 aromatic rings. The minimum atomic E-state index is -0.914. The smallest absolute Gasteiger partial charge is 0.409 e. The standard InChI is InChI=1S/C26H25F2N5O4/c1-14-4-5-15-10-22-31-24(23-18(27)8-16(9-19(23)28)25(34)29-2)21(33(22)13-20(15)30-14)11-17-12-32(6-7-37-17)26(35)36-3/h4-5,8-10,13,17H,6-7,11-12H2,1-3H3,(H,29,34)/t17-/m0/s1. The summed E-state index contributed by atoms with van der Waals surface area (Å²) < 4.78 is 43.2. The van der Waals surface area contributed by atoms with Gasteiger partial charge in [-0.15, -0.1) is 0 Å². The number of pyridine rings is 2. The van der Waals surface area contributed by atoms with Crippen LogP contribution in [-0.2, 0) is 15.9 Å². The van der Waals surface area contributed by atoms with Gasteiger partial charge in [0.2, 0.25) is 0 Å². The summed E-state index contributed by atoms with van der Waals surface area (Å²) in [5, 5.41) is 3.19. The first-order valence-corrected chi connectivity index (χ1v) is 11.7. The van der Waals surface area contributed by atoms with Gasteiger partial charge in [0.1, 0.15) is 17.3 Å². The summed E-state index contributed by atoms with van der Waals surface area (Å²) >= 11 is 0. The lowest BCUT2D eigenvalue weighted by Crippen LogP contribution is -2.46. The molecule has 9 nitrogen and oxygen atoms in total. The molecule has 1 atom stereocenters. The zero-order valence-corrected chi connectivity index (χ0v) is 20.5. The number of rotatable bonds is 4. The topological polar surface area (TPSA) is 98.1 Å². The van der Waals surface area contributed by atoms with Gasteiger partial charge in [-0.1, -0.05) is 6.07 Å². The Morgan fingerprint density at radius 3 is 2.65 bits per heavy atom. The molecule has 4 heterocycles. The molecule has 37 heavy (non-hydrogen) atoms. The molecule has 5 rings (SSSR count). The van der Waals surface area contributed by atoms with Crippen molar-refractivity contribution in [1.82, 2.24) is 24.6 Å². The average molecular weight is 510 g/mol. The highest BCUT2D eigenvalue weighted by molar-refractivity contribution is 5.94. The van der Waals surface area contributed by atoms with Crippen LogP contribution >= 0.6 is 0 Å². The summed E-state index contributed by atoms with van der Waals surface area (Å²) in [6, 6.07) is 7.55. The van der Waals surface area contributed by atoms with Crippen molar-refractivity contribution in [3.8, 4) is 11.3 Å². The van der Waals surface area contributed by atoms with Crippen LogP contribution < -0.4 is 5.32 Å². The molecule has 11 heteroatoms. The van der Waals surface area contributed by atoms with Gasteiger partial charge in [0.05, 0.1) is 48.8 Å². The van der Waals surface area contributed by atoms with Crippen molar-refractivity contribution >= 4 is 28.6 Å². The summed E-state index contributed by atoms with van der Waals surface area (Å²) in [7, 11) is 2.69. The largest absolute Gasteiger partial charge is 0.453 e. The van der Waals surface area contributed by atoms with E-state index in [4.69, 9.17) is 9.47 Å². The Labute approximate surface area is 211 Å². The van der Waals surface area contributed by atoms with Crippen molar-refractivity contribution in [3.63, 3.8) is 0 Å². The van der Waals surface area contributed by atoms with Crippen LogP contribution in [0.2, 0.25) is 0 Å². The third kappa shape index (κ3) is 4.57. The van der Waals surface area contributed by atoms with Gasteiger partial charge in [0.25, 0.3) is 5.91 Å². The summed E-state index contributed by atoms with van der Waals surface area (Å²) in [6.07, 6.45) is 1.04. The zero-order chi connectivity index (χ0) is 26.3. The summed E-state index contributed by atoms with van der Waals surface area (Å²) in [6.45, 7) is 2.78. The quantitative estimate of drug-likeness (QED) is 0.452. The number of carbonyl (C=O) groups excluding carboxylic acids is 2. The number of nitrogens with zero attached hydrogens (tertiary/aromatic N) is 4. The normalized spacial score (nSPS) is 15.8. The number of carbonyl (C=O) groups is 2. The number of imidazole rings is 1. The van der Waals surface area contributed by atoms with Gasteiger partial charge >= 0.3 is 6.09 Å². The van der Waals surface area contributed by atoms with Gasteiger partial charge in [-0.05, 0) is 31.2 Å². The molecule has 3 aromatic heterocycles. The molecule has 192 valence electrons. The monoisotopic (exact) mass is 509 g/mol. The first-order chi connectivity index (χ1) is 17.8. The maximum Gasteiger partial charge on any atom is 0.409 e. The molecule has 1 aliphatic rings. The number of amides is 2. The van der Waals surface area contributed by atoms with E-state index in [0.29, 0.717) is 30.0 Å². The second-order valence-electron chi connectivity index (χ2n) is 8.84. The summed E-state index contributed by atoms with van der Waals surface area (Å²) in [5.41, 5.74) is 2.07. The molecule has 1 fully saturated rings. The Hall–Kier alpha value is -4.12. The Bertz CT molecular complexity index is 1510. The van der Waals surface area contributed by atoms with Crippen LogP contribution in [0.1, 0.15) is 21.7 Å². The molecule has 0 radical (unpaired) electrons. The van der Waals surface area contributed by atoms with Crippen LogP contribution in [0.3, 0.4) is 0 Å². The van der Waals surface area contributed by atoms with E-state index in [0.717, 1.165) is 23.2 Å². The Kier molecular flexibility index (Phi) is 6.46. The second kappa shape index (κ2) is 9.74. The second-order valence-corrected chi connectivity index (χ2v) is 8.84. The first kappa shape index (κ1) is 24.6. The van der Waals surface area contributed by atoms with E-state index in [1.165, 1.54) is 19.1 Å². The van der Waals surface area contributed by atoms with E-state index in [1.54, 1.807) is 16.7 Å². The van der Waals surface area contributed by atoms with Crippen molar-refractivity contribution in [1.29, 1.82) is 0 Å². The maximum absolute atomic E-state index is 15.3. The fourth-order valence-electron chi connectivity index (χ4n) is 4.63. The minimum Gasteiger partial charge on any atom is -0.453 e. The number of methoxy groups -OCH3 is 1. The predicted octanol–water partition coefficient (Wildman–Crippen LogP) is 3.51. The van der Waals surface area contributed by atoms with Crippen LogP contribution in [0, 0.1) is 18.6 Å². The molecular weight excluding hydrogens is 484 g/mol. The number of fused-ring (bicyclic) bond motifs is 2. The first-order valence-electron chi connectivity index (χ1n) is 11.7. The number of halogens is 2. The highest BCUT2D eigenvalue weighted by atomic mass is 19.1. The van der Waals surface area contributed by atoms with Crippen LogP contribution in [0.5, 0.6) is 0 Å². The molecule has 1 aliphatic heterocycles. The van der Waals surface area contributed by atoms with E-state index in [-0.39, 0.29) is 29.8 Å². The van der Waals surface area contributed by atoms with Gasteiger partial charge in [-0.2, -0.15) is 0 Å². The minimum absolute atomic E-state index is 0.0873. The number of aryl methyl sites for hydroxylation is 1. The molecule has 0 bridgehead atoms. The SMILES string of the molecule is CNC(=O)c1cc(F)c(-c2nc3cc4ccc(C)nc4cn3c2C[C@H]2CN(C(=O)OC)CCO2)c(F)c1. The van der Waals surface area contributed by atoms with E-state index < -0.39 is 29.7 Å². The van der Waals surface area contributed by atoms with Gasteiger partial charge in [0, 0.05) is 42.9 Å². The number of morpholine rings is 1. The molecular formula is C26H25F2N5O4. The van der Waals surface area contributed by atoms with E-state index in [1.807, 2.05) is 19.1 Å². The zero-order valence-electron chi connectivity index (χ0n) is 20.5. The number of ether oxygens (including phenoxy) is 2. The molecule has 1 saturated heterocycles. The molecule has 0 unspecified atom stereocenters. The average Bonchev–Trinajstić information content (AvgIpc) is 3.22. The number of aromatic nitrogens is 3. The molecule has 1 N–H and O–H groups in total. The lowest BCUT2D eigenvalue weighted by Gasteiger charge is -2.32. The van der Waals surface area contributed by atoms with Crippen molar-refractivity contribution in [2.24, 2.45) is 0 Å². The molecule has 0 spiro atoms. The van der Waals surface area contributed by atoms with Crippen molar-refractivity contribution < 1.29 is 27.8 Å². The molecule has 2 amide bonds. The van der Waals surface area contributed by atoms with Crippen molar-refractivity contribution in [2.75, 3.05) is 33.9 Å². The van der Waals surface area contributed by atoms with Gasteiger partial charge in [-0.3, -0.25) is 9.78 Å². The Morgan fingerprint density at radius 1 is 1.19 bits per heavy atom. The van der Waals surface area contributed by atoms with Crippen molar-refractivity contribution in [2.45, 2.75) is 19.4 Å². The lowest BCUT2D eigenvalue weighted by atomic mass is 10.0. The number of hydrogen-bond acceptors (Lipinski definition) is 6. The van der Waals surface area contributed by atoms with Crippen LogP contribution in [0.15, 0.2) is 36.5 Å². The number of benzene rings is 1. The third-order valence-corrected chi connectivity index (χ3v) is 6.43. The van der Waals surface area contributed by atoms with Crippen LogP contribution in [0.4, 0.5) is 13.6 Å². The summed E-state index contributed by atoms with van der Waals surface area (Å²) in [4.78, 5) is 34.8. The molecule has 0 aliphatic carbocycles. The third-order valence-electron chi connectivity index (χ3n) is 6.43. The maximum atomic E-state index is 15.3. The summed E-state index contributed by atoms with van der Waals surface area (Å²) in [5.74, 6) is -2.43. The number of nitrogens with one attached hydrogen (secondary N) is 1. The van der Waals surface area contributed by atoms with Crippen molar-refractivity contribution in [3.05, 3.63) is 65.1 Å². The van der Waals surface area contributed by atoms with Gasteiger partial charge in [0.15, 0.2) is 0 Å². The van der Waals surface area contributed by atoms with Gasteiger partial charge < -0.3 is 24.1 Å². The lowest BCUT2D eigenvalue weighted by molar-refractivity contribution is -0.0241. The Morgan fingerprint density at radius 2 is 1.95 bits per heavy atom. The van der Waals surface area contributed by atoms with Crippen LogP contribution in [-0.4, -0.2) is 71.2 Å².